The third kappa shape index (κ3) is 59.6. The summed E-state index contributed by atoms with van der Waals surface area (Å²) < 4.78 is 0. The van der Waals surface area contributed by atoms with E-state index >= 15 is 0 Å². The van der Waals surface area contributed by atoms with Crippen molar-refractivity contribution in [2.75, 3.05) is 0 Å². The van der Waals surface area contributed by atoms with Crippen molar-refractivity contribution >= 4 is 64.6 Å². The molecule has 1 aliphatic carbocycles. The third-order valence-electron chi connectivity index (χ3n) is 21.4. The van der Waals surface area contributed by atoms with Crippen LogP contribution in [-0.4, -0.2) is 0 Å². The minimum Gasteiger partial charge on any atom is -0.0649 e. The SMILES string of the molecule is CC(C)(C)C.CC(C)(C)C.CC(C)(C)C.CC(C)(C)C.CC(C)(C)Cc1ccccc1.CC(C)(C)c1ccccc1.CCC(C)(C)C.CCC(C)(C)C.CCC(C)(C)C.c1ccc(-c2ccccc2)cc1.c1ccc(-c2ccccc2)cc1.c1ccc2c(c1)Cc1ccccc1-2.c1ccc2cc3ccccc3cc2c1.c1ccc2cc3ccccc3cc2c1.c1ccc2ccccc2c1.c1ccc2ccccc2c1. The highest BCUT2D eigenvalue weighted by Crippen LogP contribution is 2.36. The quantitative estimate of drug-likeness (QED) is 0.155. The maximum absolute atomic E-state index is 2.26. The topological polar surface area (TPSA) is 0 Å². The van der Waals surface area contributed by atoms with Crippen LogP contribution in [0.5, 0.6) is 0 Å². The maximum Gasteiger partial charge on any atom is -0.00135 e. The molecule has 18 aromatic rings. The van der Waals surface area contributed by atoms with Gasteiger partial charge in [-0.15, -0.1) is 0 Å². The predicted molar refractivity (Wildman–Crippen MR) is 654 cm³/mol. The molecule has 0 nitrogen and oxygen atoms in total. The monoisotopic (exact) mass is 1920 g/mol. The molecule has 0 heterocycles. The van der Waals surface area contributed by atoms with Gasteiger partial charge in [-0.05, 0) is 206 Å². The van der Waals surface area contributed by atoms with Crippen LogP contribution < -0.4 is 0 Å². The van der Waals surface area contributed by atoms with Gasteiger partial charge in [0.2, 0.25) is 0 Å². The van der Waals surface area contributed by atoms with Crippen LogP contribution in [0.2, 0.25) is 0 Å². The number of rotatable bonds is 3. The maximum atomic E-state index is 2.26. The molecule has 0 saturated heterocycles. The highest BCUT2D eigenvalue weighted by atomic mass is 14.2. The Balaban J connectivity index is 0.000000324. The van der Waals surface area contributed by atoms with Crippen LogP contribution >= 0.6 is 0 Å². The van der Waals surface area contributed by atoms with Crippen molar-refractivity contribution < 1.29 is 0 Å². The Morgan fingerprint density at radius 2 is 0.306 bits per heavy atom. The van der Waals surface area contributed by atoms with Gasteiger partial charge in [0.1, 0.15) is 0 Å². The van der Waals surface area contributed by atoms with E-state index in [0.29, 0.717) is 48.7 Å². The van der Waals surface area contributed by atoms with E-state index in [1.54, 1.807) is 0 Å². The minimum absolute atomic E-state index is 0.293. The van der Waals surface area contributed by atoms with Gasteiger partial charge in [0.25, 0.3) is 0 Å². The molecular formula is C144H186. The average Bonchev–Trinajstić information content (AvgIpc) is 1.72. The van der Waals surface area contributed by atoms with Crippen LogP contribution in [0.1, 0.15) is 277 Å². The molecule has 0 atom stereocenters. The smallest absolute Gasteiger partial charge is 0.00135 e. The second-order valence-corrected chi connectivity index (χ2v) is 49.3. The lowest BCUT2D eigenvalue weighted by Crippen LogP contribution is -2.10. The van der Waals surface area contributed by atoms with E-state index in [4.69, 9.17) is 0 Å². The van der Waals surface area contributed by atoms with Crippen molar-refractivity contribution in [2.45, 2.75) is 273 Å². The summed E-state index contributed by atoms with van der Waals surface area (Å²) >= 11 is 0. The Labute approximate surface area is 879 Å². The highest BCUT2D eigenvalue weighted by Gasteiger charge is 2.17. The van der Waals surface area contributed by atoms with Crippen LogP contribution in [-0.2, 0) is 18.3 Å². The standard InChI is InChI=1S/2C14H10.C13H10.2C12H10.C11H16.2C10H8.C10H14.3C6H14.4C5H12/c2*1-2-6-12-10-14-8-4-3-7-13(14)9-11(12)5-1;1-3-7-12-10(5-1)9-11-6-2-4-8-13(11)12;2*1-3-7-11(8-4-1)12-9-5-2-6-10-12;1-11(2,3)9-10-7-5-4-6-8-10;2*1-2-6-10-8-4-3-7-9(10)5-1;1-10(2,3)9-7-5-4-6-8-9;3*1-5-6(2,3)4;4*1-5(2,3)4/h2*1-10H;1-8H,9H2;2*1-10H;4-8H,9H2,1-3H3;2*1-8H;4-8H,1-3H3;3*5H2,1-4H3;4*1-4H3. The van der Waals surface area contributed by atoms with Gasteiger partial charge in [0.05, 0.1) is 0 Å². The second-order valence-electron chi connectivity index (χ2n) is 49.3. The first-order chi connectivity index (χ1) is 67.5. The molecule has 0 heteroatoms. The molecule has 0 spiro atoms. The fraction of sp³-hybridized carbons (Fsp3) is 0.333. The number of benzene rings is 18. The van der Waals surface area contributed by atoms with Gasteiger partial charge in [-0.1, -0.05) is 679 Å². The van der Waals surface area contributed by atoms with Gasteiger partial charge < -0.3 is 0 Å². The highest BCUT2D eigenvalue weighted by molar-refractivity contribution is 5.99. The molecule has 0 aromatic heterocycles. The van der Waals surface area contributed by atoms with E-state index in [-0.39, 0.29) is 0 Å². The minimum atomic E-state index is 0.293. The van der Waals surface area contributed by atoms with E-state index in [1.807, 2.05) is 24.3 Å². The van der Waals surface area contributed by atoms with Crippen LogP contribution in [0, 0.1) is 43.3 Å². The zero-order valence-electron chi connectivity index (χ0n) is 95.8. The average molecular weight is 1920 g/mol. The third-order valence-corrected chi connectivity index (χ3v) is 21.4. The van der Waals surface area contributed by atoms with Crippen molar-refractivity contribution in [3.63, 3.8) is 0 Å². The molecule has 19 rings (SSSR count). The van der Waals surface area contributed by atoms with Crippen molar-refractivity contribution in [1.29, 1.82) is 0 Å². The second kappa shape index (κ2) is 62.9. The first-order valence-electron chi connectivity index (χ1n) is 52.6. The normalized spacial score (nSPS) is 11.1. The lowest BCUT2D eigenvalue weighted by atomic mass is 9.87. The van der Waals surface area contributed by atoms with E-state index in [2.05, 4.69) is 660 Å². The number of hydrogen-bond acceptors (Lipinski definition) is 0. The summed E-state index contributed by atoms with van der Waals surface area (Å²) in [6.45, 7) is 75.3. The molecule has 0 amide bonds. The fourth-order valence-corrected chi connectivity index (χ4v) is 12.8. The molecule has 762 valence electrons. The van der Waals surface area contributed by atoms with Gasteiger partial charge in [-0.3, -0.25) is 0 Å². The molecule has 0 saturated carbocycles. The van der Waals surface area contributed by atoms with Gasteiger partial charge in [0, 0.05) is 0 Å². The zero-order chi connectivity index (χ0) is 107. The Kier molecular flexibility index (Phi) is 54.1. The summed E-state index contributed by atoms with van der Waals surface area (Å²) in [5.74, 6) is 0. The zero-order valence-corrected chi connectivity index (χ0v) is 95.8. The molecule has 0 bridgehead atoms. The summed E-state index contributed by atoms with van der Waals surface area (Å²) in [6.07, 6.45) is 6.08. The van der Waals surface area contributed by atoms with Gasteiger partial charge >= 0.3 is 0 Å². The molecular weight excluding hydrogens is 1730 g/mol. The summed E-state index contributed by atoms with van der Waals surface area (Å²) in [4.78, 5) is 0. The van der Waals surface area contributed by atoms with Gasteiger partial charge in [-0.2, -0.15) is 0 Å². The summed E-state index contributed by atoms with van der Waals surface area (Å²) in [6, 6.07) is 156. The Bertz CT molecular complexity index is 5590. The predicted octanol–water partition coefficient (Wildman–Crippen LogP) is 45.4. The lowest BCUT2D eigenvalue weighted by molar-refractivity contribution is 0.397. The van der Waals surface area contributed by atoms with Crippen molar-refractivity contribution in [2.24, 2.45) is 43.3 Å². The fourth-order valence-electron chi connectivity index (χ4n) is 12.8. The molecule has 1 aliphatic rings. The van der Waals surface area contributed by atoms with Crippen LogP contribution in [0.3, 0.4) is 0 Å². The van der Waals surface area contributed by atoms with Crippen LogP contribution in [0.15, 0.2) is 449 Å². The summed E-state index contributed by atoms with van der Waals surface area (Å²) in [5.41, 5.74) is 18.0. The lowest BCUT2D eigenvalue weighted by Gasteiger charge is -2.18. The molecule has 0 radical (unpaired) electrons. The van der Waals surface area contributed by atoms with Crippen molar-refractivity contribution in [1.82, 2.24) is 0 Å². The summed E-state index contributed by atoms with van der Waals surface area (Å²) in [5, 5.41) is 15.7. The largest absolute Gasteiger partial charge is 0.0649 e. The van der Waals surface area contributed by atoms with Gasteiger partial charge in [-0.25, -0.2) is 0 Å². The number of fused-ring (bicyclic) bond motifs is 9. The number of hydrogen-bond donors (Lipinski definition) is 0. The van der Waals surface area contributed by atoms with Crippen LogP contribution in [0.25, 0.3) is 98.0 Å². The Hall–Kier alpha value is -12.5. The first-order valence-corrected chi connectivity index (χ1v) is 52.6. The molecule has 18 aromatic carbocycles. The van der Waals surface area contributed by atoms with E-state index < -0.39 is 0 Å². The molecule has 0 aliphatic heterocycles. The Morgan fingerprint density at radius 1 is 0.160 bits per heavy atom. The Morgan fingerprint density at radius 3 is 0.465 bits per heavy atom. The molecule has 0 fully saturated rings. The van der Waals surface area contributed by atoms with E-state index in [0.717, 1.165) is 12.8 Å². The van der Waals surface area contributed by atoms with E-state index in [1.165, 1.54) is 140 Å². The van der Waals surface area contributed by atoms with Gasteiger partial charge in [0.15, 0.2) is 0 Å². The van der Waals surface area contributed by atoms with Crippen molar-refractivity contribution in [3.8, 4) is 33.4 Å². The van der Waals surface area contributed by atoms with Crippen LogP contribution in [0.4, 0.5) is 0 Å². The summed E-state index contributed by atoms with van der Waals surface area (Å²) in [7, 11) is 0. The van der Waals surface area contributed by atoms with E-state index in [9.17, 15) is 0 Å². The molecule has 0 unspecified atom stereocenters. The molecule has 144 heavy (non-hydrogen) atoms. The first kappa shape index (κ1) is 124. The molecule has 0 N–H and O–H groups in total. The van der Waals surface area contributed by atoms with Crippen molar-refractivity contribution in [3.05, 3.63) is 471 Å².